The number of nitrogens with two attached hydrogens (primary N) is 1. The fraction of sp³-hybridized carbons (Fsp3) is 0.750. The van der Waals surface area contributed by atoms with E-state index in [-0.39, 0.29) is 17.9 Å². The van der Waals surface area contributed by atoms with Gasteiger partial charge in [-0.3, -0.25) is 9.69 Å². The number of carbonyl (C=O) groups excluding carboxylic acids is 1. The summed E-state index contributed by atoms with van der Waals surface area (Å²) in [5, 5.41) is 3.91. The highest BCUT2D eigenvalue weighted by molar-refractivity contribution is 5.76. The average Bonchev–Trinajstić information content (AvgIpc) is 2.86. The SMILES string of the molecule is CCc1noc(C(C)N2CCC(C(N)=O)CC2)n1. The zero-order valence-electron chi connectivity index (χ0n) is 10.9. The predicted molar refractivity (Wildman–Crippen MR) is 65.6 cm³/mol. The van der Waals surface area contributed by atoms with E-state index in [1.54, 1.807) is 0 Å². The number of hydrogen-bond acceptors (Lipinski definition) is 5. The molecule has 0 aromatic carbocycles. The van der Waals surface area contributed by atoms with Crippen molar-refractivity contribution in [3.8, 4) is 0 Å². The molecule has 1 aliphatic rings. The van der Waals surface area contributed by atoms with Gasteiger partial charge >= 0.3 is 0 Å². The maximum absolute atomic E-state index is 11.1. The van der Waals surface area contributed by atoms with Crippen LogP contribution in [0, 0.1) is 5.92 Å². The molecule has 0 saturated carbocycles. The molecular weight excluding hydrogens is 232 g/mol. The maximum Gasteiger partial charge on any atom is 0.243 e. The summed E-state index contributed by atoms with van der Waals surface area (Å²) < 4.78 is 5.25. The van der Waals surface area contributed by atoms with Crippen molar-refractivity contribution in [2.45, 2.75) is 39.2 Å². The average molecular weight is 252 g/mol. The number of rotatable bonds is 4. The van der Waals surface area contributed by atoms with Crippen molar-refractivity contribution in [2.24, 2.45) is 11.7 Å². The van der Waals surface area contributed by atoms with Gasteiger partial charge in [-0.15, -0.1) is 0 Å². The van der Waals surface area contributed by atoms with Crippen molar-refractivity contribution >= 4 is 5.91 Å². The lowest BCUT2D eigenvalue weighted by molar-refractivity contribution is -0.123. The molecule has 1 saturated heterocycles. The first-order valence-corrected chi connectivity index (χ1v) is 6.47. The van der Waals surface area contributed by atoms with Gasteiger partial charge in [0.1, 0.15) is 0 Å². The molecule has 2 rings (SSSR count). The van der Waals surface area contributed by atoms with Crippen molar-refractivity contribution in [3.05, 3.63) is 11.7 Å². The molecule has 0 radical (unpaired) electrons. The Morgan fingerprint density at radius 3 is 2.72 bits per heavy atom. The van der Waals surface area contributed by atoms with Crippen LogP contribution in [-0.4, -0.2) is 34.0 Å². The zero-order valence-corrected chi connectivity index (χ0v) is 10.9. The molecule has 6 nitrogen and oxygen atoms in total. The van der Waals surface area contributed by atoms with E-state index >= 15 is 0 Å². The Kier molecular flexibility index (Phi) is 3.96. The van der Waals surface area contributed by atoms with Crippen molar-refractivity contribution in [1.82, 2.24) is 15.0 Å². The monoisotopic (exact) mass is 252 g/mol. The highest BCUT2D eigenvalue weighted by Crippen LogP contribution is 2.25. The number of carbonyl (C=O) groups is 1. The van der Waals surface area contributed by atoms with E-state index < -0.39 is 0 Å². The zero-order chi connectivity index (χ0) is 13.1. The summed E-state index contributed by atoms with van der Waals surface area (Å²) in [7, 11) is 0. The molecular formula is C12H20N4O2. The van der Waals surface area contributed by atoms with E-state index in [1.165, 1.54) is 0 Å². The van der Waals surface area contributed by atoms with Crippen LogP contribution < -0.4 is 5.73 Å². The molecule has 2 heterocycles. The third kappa shape index (κ3) is 2.69. The normalized spacial score (nSPS) is 19.9. The fourth-order valence-corrected chi connectivity index (χ4v) is 2.31. The molecule has 0 bridgehead atoms. The van der Waals surface area contributed by atoms with Crippen molar-refractivity contribution in [3.63, 3.8) is 0 Å². The number of nitrogens with zero attached hydrogens (tertiary/aromatic N) is 3. The van der Waals surface area contributed by atoms with E-state index in [2.05, 4.69) is 22.0 Å². The summed E-state index contributed by atoms with van der Waals surface area (Å²) in [4.78, 5) is 17.7. The number of aryl methyl sites for hydroxylation is 1. The van der Waals surface area contributed by atoms with E-state index in [0.717, 1.165) is 38.2 Å². The van der Waals surface area contributed by atoms with Crippen LogP contribution in [-0.2, 0) is 11.2 Å². The topological polar surface area (TPSA) is 85.3 Å². The lowest BCUT2D eigenvalue weighted by atomic mass is 9.95. The molecule has 18 heavy (non-hydrogen) atoms. The first-order chi connectivity index (χ1) is 8.61. The van der Waals surface area contributed by atoms with Gasteiger partial charge in [0.15, 0.2) is 5.82 Å². The van der Waals surface area contributed by atoms with Crippen LogP contribution in [0.3, 0.4) is 0 Å². The number of amides is 1. The van der Waals surface area contributed by atoms with Gasteiger partial charge in [-0.1, -0.05) is 12.1 Å². The standard InChI is InChI=1S/C12H20N4O2/c1-3-10-14-12(18-15-10)8(2)16-6-4-9(5-7-16)11(13)17/h8-9H,3-7H2,1-2H3,(H2,13,17). The van der Waals surface area contributed by atoms with Crippen LogP contribution in [0.25, 0.3) is 0 Å². The second-order valence-corrected chi connectivity index (χ2v) is 4.79. The largest absolute Gasteiger partial charge is 0.369 e. The molecule has 100 valence electrons. The number of aromatic nitrogens is 2. The highest BCUT2D eigenvalue weighted by atomic mass is 16.5. The molecule has 1 unspecified atom stereocenters. The summed E-state index contributed by atoms with van der Waals surface area (Å²) in [6, 6.07) is 0.103. The first kappa shape index (κ1) is 13.0. The summed E-state index contributed by atoms with van der Waals surface area (Å²) in [6.07, 6.45) is 2.41. The lowest BCUT2D eigenvalue weighted by Crippen LogP contribution is -2.39. The van der Waals surface area contributed by atoms with Crippen LogP contribution in [0.15, 0.2) is 4.52 Å². The molecule has 1 aromatic heterocycles. The minimum Gasteiger partial charge on any atom is -0.369 e. The second-order valence-electron chi connectivity index (χ2n) is 4.79. The second kappa shape index (κ2) is 5.48. The van der Waals surface area contributed by atoms with E-state index in [0.29, 0.717) is 5.89 Å². The van der Waals surface area contributed by atoms with Gasteiger partial charge in [0.25, 0.3) is 0 Å². The summed E-state index contributed by atoms with van der Waals surface area (Å²) >= 11 is 0. The van der Waals surface area contributed by atoms with Gasteiger partial charge in [0.05, 0.1) is 6.04 Å². The van der Waals surface area contributed by atoms with Gasteiger partial charge in [-0.05, 0) is 32.9 Å². The Hall–Kier alpha value is -1.43. The van der Waals surface area contributed by atoms with Gasteiger partial charge in [0, 0.05) is 12.3 Å². The Labute approximate surface area is 107 Å². The van der Waals surface area contributed by atoms with E-state index in [1.807, 2.05) is 6.92 Å². The van der Waals surface area contributed by atoms with E-state index in [9.17, 15) is 4.79 Å². The Morgan fingerprint density at radius 2 is 2.22 bits per heavy atom. The van der Waals surface area contributed by atoms with Gasteiger partial charge in [-0.25, -0.2) is 0 Å². The quantitative estimate of drug-likeness (QED) is 0.860. The van der Waals surface area contributed by atoms with Crippen molar-refractivity contribution in [1.29, 1.82) is 0 Å². The van der Waals surface area contributed by atoms with Crippen LogP contribution in [0.5, 0.6) is 0 Å². The van der Waals surface area contributed by atoms with Crippen LogP contribution in [0.4, 0.5) is 0 Å². The van der Waals surface area contributed by atoms with Crippen LogP contribution >= 0.6 is 0 Å². The maximum atomic E-state index is 11.1. The summed E-state index contributed by atoms with van der Waals surface area (Å²) in [5.74, 6) is 1.23. The first-order valence-electron chi connectivity index (χ1n) is 6.47. The van der Waals surface area contributed by atoms with Gasteiger partial charge in [0.2, 0.25) is 11.8 Å². The van der Waals surface area contributed by atoms with Crippen LogP contribution in [0.1, 0.15) is 44.4 Å². The molecule has 2 N–H and O–H groups in total. The number of likely N-dealkylation sites (tertiary alicyclic amines) is 1. The van der Waals surface area contributed by atoms with E-state index in [4.69, 9.17) is 10.3 Å². The van der Waals surface area contributed by atoms with Gasteiger partial charge in [-0.2, -0.15) is 4.98 Å². The molecule has 6 heteroatoms. The molecule has 1 fully saturated rings. The van der Waals surface area contributed by atoms with Crippen molar-refractivity contribution < 1.29 is 9.32 Å². The Bertz CT molecular complexity index is 410. The van der Waals surface area contributed by atoms with Crippen molar-refractivity contribution in [2.75, 3.05) is 13.1 Å². The fourth-order valence-electron chi connectivity index (χ4n) is 2.31. The number of piperidine rings is 1. The molecule has 1 atom stereocenters. The summed E-state index contributed by atoms with van der Waals surface area (Å²) in [6.45, 7) is 5.74. The highest BCUT2D eigenvalue weighted by Gasteiger charge is 2.28. The molecule has 1 amide bonds. The molecule has 0 spiro atoms. The summed E-state index contributed by atoms with van der Waals surface area (Å²) in [5.41, 5.74) is 5.32. The number of primary amides is 1. The third-order valence-electron chi connectivity index (χ3n) is 3.64. The third-order valence-corrected chi connectivity index (χ3v) is 3.64. The van der Waals surface area contributed by atoms with Crippen LogP contribution in [0.2, 0.25) is 0 Å². The smallest absolute Gasteiger partial charge is 0.243 e. The predicted octanol–water partition coefficient (Wildman–Crippen LogP) is 0.890. The molecule has 1 aliphatic heterocycles. The Morgan fingerprint density at radius 1 is 1.56 bits per heavy atom. The molecule has 0 aliphatic carbocycles. The lowest BCUT2D eigenvalue weighted by Gasteiger charge is -2.33. The molecule has 1 aromatic rings. The minimum atomic E-state index is -0.187. The minimum absolute atomic E-state index is 0.0161. The van der Waals surface area contributed by atoms with Gasteiger partial charge < -0.3 is 10.3 Å². The Balaban J connectivity index is 1.94. The number of hydrogen-bond donors (Lipinski definition) is 1.